The van der Waals surface area contributed by atoms with Crippen LogP contribution in [0.15, 0.2) is 47.4 Å². The van der Waals surface area contributed by atoms with Crippen molar-refractivity contribution in [1.29, 1.82) is 0 Å². The molecule has 2 aromatic rings. The lowest BCUT2D eigenvalue weighted by molar-refractivity contribution is -0.127. The van der Waals surface area contributed by atoms with Gasteiger partial charge in [0.1, 0.15) is 0 Å². The van der Waals surface area contributed by atoms with Crippen LogP contribution < -0.4 is 15.4 Å². The Morgan fingerprint density at radius 3 is 2.37 bits per heavy atom. The fourth-order valence-corrected chi connectivity index (χ4v) is 3.54. The zero-order valence-corrected chi connectivity index (χ0v) is 17.8. The normalized spacial score (nSPS) is 11.9. The number of amides is 3. The fraction of sp³-hybridized carbons (Fsp3) is 0.250. The van der Waals surface area contributed by atoms with Gasteiger partial charge in [0.15, 0.2) is 6.10 Å². The molecule has 0 bridgehead atoms. The highest BCUT2D eigenvalue weighted by atomic mass is 32.2. The Hall–Kier alpha value is -3.40. The molecule has 0 fully saturated rings. The van der Waals surface area contributed by atoms with Gasteiger partial charge >= 0.3 is 12.0 Å². The Bertz CT molecular complexity index is 1080. The second kappa shape index (κ2) is 9.40. The van der Waals surface area contributed by atoms with E-state index in [1.807, 2.05) is 18.3 Å². The minimum absolute atomic E-state index is 0.0123. The number of rotatable bonds is 6. The zero-order valence-electron chi connectivity index (χ0n) is 17.0. The molecule has 30 heavy (non-hydrogen) atoms. The maximum Gasteiger partial charge on any atom is 0.339 e. The first-order valence-corrected chi connectivity index (χ1v) is 10.5. The van der Waals surface area contributed by atoms with Crippen LogP contribution in [0.2, 0.25) is 0 Å². The van der Waals surface area contributed by atoms with Crippen molar-refractivity contribution < 1.29 is 27.5 Å². The third kappa shape index (κ3) is 5.80. The van der Waals surface area contributed by atoms with Crippen LogP contribution in [0.3, 0.4) is 0 Å². The molecule has 160 valence electrons. The second-order valence-corrected chi connectivity index (χ2v) is 8.25. The molecule has 0 heterocycles. The van der Waals surface area contributed by atoms with E-state index in [1.165, 1.54) is 32.2 Å². The molecule has 2 rings (SSSR count). The van der Waals surface area contributed by atoms with Crippen LogP contribution in [0.1, 0.15) is 28.4 Å². The average molecular weight is 433 g/mol. The largest absolute Gasteiger partial charge is 0.449 e. The molecular formula is C20H23N3O6S. The van der Waals surface area contributed by atoms with Crippen molar-refractivity contribution in [2.45, 2.75) is 31.8 Å². The van der Waals surface area contributed by atoms with Gasteiger partial charge in [0, 0.05) is 12.7 Å². The van der Waals surface area contributed by atoms with Gasteiger partial charge in [-0.2, -0.15) is 0 Å². The highest BCUT2D eigenvalue weighted by Gasteiger charge is 2.23. The van der Waals surface area contributed by atoms with Crippen LogP contribution in [-0.2, 0) is 19.6 Å². The summed E-state index contributed by atoms with van der Waals surface area (Å²) in [4.78, 5) is 35.4. The zero-order chi connectivity index (χ0) is 22.5. The lowest BCUT2D eigenvalue weighted by Gasteiger charge is -2.15. The van der Waals surface area contributed by atoms with E-state index in [2.05, 4.69) is 10.0 Å². The number of hydrogen-bond donors (Lipinski definition) is 3. The maximum atomic E-state index is 12.7. The Balaban J connectivity index is 2.22. The Labute approximate surface area is 174 Å². The van der Waals surface area contributed by atoms with E-state index in [1.54, 1.807) is 25.1 Å². The fourth-order valence-electron chi connectivity index (χ4n) is 2.46. The summed E-state index contributed by atoms with van der Waals surface area (Å²) < 4.78 is 33.0. The highest BCUT2D eigenvalue weighted by molar-refractivity contribution is 7.92. The number of nitrogens with one attached hydrogen (secondary N) is 3. The van der Waals surface area contributed by atoms with Crippen LogP contribution in [0.4, 0.5) is 10.5 Å². The van der Waals surface area contributed by atoms with E-state index in [-0.39, 0.29) is 10.5 Å². The molecule has 0 radical (unpaired) electrons. The summed E-state index contributed by atoms with van der Waals surface area (Å²) in [5, 5.41) is 4.20. The number of imide groups is 1. The predicted octanol–water partition coefficient (Wildman–Crippen LogP) is 2.11. The van der Waals surface area contributed by atoms with Gasteiger partial charge in [0.25, 0.3) is 15.9 Å². The van der Waals surface area contributed by atoms with Crippen LogP contribution in [-0.4, -0.2) is 39.5 Å². The topological polar surface area (TPSA) is 131 Å². The minimum Gasteiger partial charge on any atom is -0.449 e. The monoisotopic (exact) mass is 433 g/mol. The van der Waals surface area contributed by atoms with E-state index >= 15 is 0 Å². The van der Waals surface area contributed by atoms with E-state index in [9.17, 15) is 22.8 Å². The van der Waals surface area contributed by atoms with Gasteiger partial charge in [-0.3, -0.25) is 14.8 Å². The summed E-state index contributed by atoms with van der Waals surface area (Å²) in [5.41, 5.74) is 1.72. The molecule has 3 amide bonds. The third-order valence-corrected chi connectivity index (χ3v) is 5.51. The highest BCUT2D eigenvalue weighted by Crippen LogP contribution is 2.21. The van der Waals surface area contributed by atoms with Crippen molar-refractivity contribution in [1.82, 2.24) is 10.6 Å². The molecule has 0 aliphatic heterocycles. The third-order valence-electron chi connectivity index (χ3n) is 4.13. The number of anilines is 1. The quantitative estimate of drug-likeness (QED) is 0.598. The Morgan fingerprint density at radius 1 is 1.03 bits per heavy atom. The van der Waals surface area contributed by atoms with Crippen LogP contribution >= 0.6 is 0 Å². The molecule has 9 nitrogen and oxygen atoms in total. The molecule has 0 saturated heterocycles. The van der Waals surface area contributed by atoms with Crippen molar-refractivity contribution in [2.75, 3.05) is 11.8 Å². The van der Waals surface area contributed by atoms with Crippen LogP contribution in [0.25, 0.3) is 0 Å². The van der Waals surface area contributed by atoms with Crippen molar-refractivity contribution in [3.05, 3.63) is 59.2 Å². The summed E-state index contributed by atoms with van der Waals surface area (Å²) in [7, 11) is -2.62. The summed E-state index contributed by atoms with van der Waals surface area (Å²) in [6.07, 6.45) is -1.26. The minimum atomic E-state index is -3.96. The van der Waals surface area contributed by atoms with Crippen molar-refractivity contribution in [2.24, 2.45) is 0 Å². The van der Waals surface area contributed by atoms with E-state index in [4.69, 9.17) is 4.74 Å². The molecule has 10 heteroatoms. The first-order chi connectivity index (χ1) is 14.0. The number of aryl methyl sites for hydroxylation is 2. The molecule has 3 N–H and O–H groups in total. The first kappa shape index (κ1) is 22.9. The van der Waals surface area contributed by atoms with E-state index in [0.717, 1.165) is 5.56 Å². The Kier molecular flexibility index (Phi) is 7.17. The molecule has 0 spiro atoms. The van der Waals surface area contributed by atoms with Gasteiger partial charge in [-0.25, -0.2) is 18.0 Å². The first-order valence-electron chi connectivity index (χ1n) is 8.97. The molecule has 1 atom stereocenters. The number of carbonyl (C=O) groups is 3. The van der Waals surface area contributed by atoms with Gasteiger partial charge in [0.2, 0.25) is 0 Å². The van der Waals surface area contributed by atoms with Gasteiger partial charge in [-0.15, -0.1) is 0 Å². The van der Waals surface area contributed by atoms with Crippen molar-refractivity contribution >= 4 is 33.6 Å². The average Bonchev–Trinajstić information content (AvgIpc) is 2.67. The predicted molar refractivity (Wildman–Crippen MR) is 111 cm³/mol. The van der Waals surface area contributed by atoms with Crippen molar-refractivity contribution in [3.63, 3.8) is 0 Å². The molecule has 0 saturated carbocycles. The van der Waals surface area contributed by atoms with E-state index < -0.39 is 34.0 Å². The van der Waals surface area contributed by atoms with Crippen LogP contribution in [0, 0.1) is 13.8 Å². The number of carbonyl (C=O) groups excluding carboxylic acids is 3. The maximum absolute atomic E-state index is 12.7. The molecular weight excluding hydrogens is 410 g/mol. The lowest BCUT2D eigenvalue weighted by Crippen LogP contribution is -2.43. The SMILES string of the molecule is CNC(=O)NC(=O)C(C)OC(=O)c1cc(S(=O)(=O)Nc2cccc(C)c2)ccc1C. The summed E-state index contributed by atoms with van der Waals surface area (Å²) in [6.45, 7) is 4.74. The summed E-state index contributed by atoms with van der Waals surface area (Å²) in [5.74, 6) is -1.70. The molecule has 2 aromatic carbocycles. The second-order valence-electron chi connectivity index (χ2n) is 6.57. The van der Waals surface area contributed by atoms with Gasteiger partial charge in [-0.1, -0.05) is 18.2 Å². The number of sulfonamides is 1. The summed E-state index contributed by atoms with van der Waals surface area (Å²) in [6, 6.07) is 10.1. The smallest absolute Gasteiger partial charge is 0.339 e. The lowest BCUT2D eigenvalue weighted by atomic mass is 10.1. The number of esters is 1. The molecule has 0 aliphatic rings. The standard InChI is InChI=1S/C20H23N3O6S/c1-12-6-5-7-15(10-12)23-30(27,28)16-9-8-13(2)17(11-16)19(25)29-14(3)18(24)22-20(26)21-4/h5-11,14,23H,1-4H3,(H2,21,22,24,26). The van der Waals surface area contributed by atoms with E-state index in [0.29, 0.717) is 11.3 Å². The van der Waals surface area contributed by atoms with Gasteiger partial charge < -0.3 is 10.1 Å². The number of ether oxygens (including phenoxy) is 1. The number of benzene rings is 2. The number of hydrogen-bond acceptors (Lipinski definition) is 6. The van der Waals surface area contributed by atoms with Gasteiger partial charge in [0.05, 0.1) is 10.5 Å². The Morgan fingerprint density at radius 2 is 1.73 bits per heavy atom. The molecule has 0 aliphatic carbocycles. The van der Waals surface area contributed by atoms with Crippen molar-refractivity contribution in [3.8, 4) is 0 Å². The summed E-state index contributed by atoms with van der Waals surface area (Å²) >= 11 is 0. The molecule has 0 aromatic heterocycles. The van der Waals surface area contributed by atoms with Gasteiger partial charge in [-0.05, 0) is 56.2 Å². The van der Waals surface area contributed by atoms with Crippen LogP contribution in [0.5, 0.6) is 0 Å². The number of urea groups is 1. The molecule has 1 unspecified atom stereocenters.